The number of ether oxygens (including phenoxy) is 1. The Bertz CT molecular complexity index is 807. The van der Waals surface area contributed by atoms with Crippen LogP contribution in [0.1, 0.15) is 23.5 Å². The van der Waals surface area contributed by atoms with E-state index in [4.69, 9.17) is 4.74 Å². The standard InChI is InChI=1S/C17H24N4O3S/c1-12-8-13(2)21(18-12)10-15-9-19(6-7-24-15)16(22)4-5-20-14(3)11-25-17(20)23/h8,11,15H,4-7,9-10H2,1-3H3. The van der Waals surface area contributed by atoms with Crippen molar-refractivity contribution in [1.82, 2.24) is 19.2 Å². The van der Waals surface area contributed by atoms with Crippen molar-refractivity contribution in [2.45, 2.75) is 46.4 Å². The zero-order valence-electron chi connectivity index (χ0n) is 14.9. The lowest BCUT2D eigenvalue weighted by Crippen LogP contribution is -2.47. The minimum absolute atomic E-state index is 0.00492. The van der Waals surface area contributed by atoms with Gasteiger partial charge >= 0.3 is 4.87 Å². The highest BCUT2D eigenvalue weighted by Gasteiger charge is 2.25. The average Bonchev–Trinajstić information content (AvgIpc) is 3.07. The quantitative estimate of drug-likeness (QED) is 0.803. The number of morpholine rings is 1. The van der Waals surface area contributed by atoms with Crippen molar-refractivity contribution < 1.29 is 9.53 Å². The molecule has 1 aliphatic heterocycles. The van der Waals surface area contributed by atoms with E-state index in [0.717, 1.165) is 17.1 Å². The molecule has 0 radical (unpaired) electrons. The summed E-state index contributed by atoms with van der Waals surface area (Å²) >= 11 is 1.18. The number of carbonyl (C=O) groups excluding carboxylic acids is 1. The Hall–Kier alpha value is -1.93. The predicted octanol–water partition coefficient (Wildman–Crippen LogP) is 1.35. The molecule has 3 heterocycles. The number of amides is 1. The molecule has 2 aromatic heterocycles. The normalized spacial score (nSPS) is 17.9. The molecule has 0 saturated carbocycles. The van der Waals surface area contributed by atoms with Crippen molar-refractivity contribution in [3.8, 4) is 0 Å². The first-order chi connectivity index (χ1) is 11.9. The number of hydrogen-bond acceptors (Lipinski definition) is 5. The third-order valence-corrected chi connectivity index (χ3v) is 5.38. The van der Waals surface area contributed by atoms with Crippen LogP contribution in [0.25, 0.3) is 0 Å². The lowest BCUT2D eigenvalue weighted by Gasteiger charge is -2.33. The van der Waals surface area contributed by atoms with Crippen molar-refractivity contribution in [1.29, 1.82) is 0 Å². The predicted molar refractivity (Wildman–Crippen MR) is 96.0 cm³/mol. The van der Waals surface area contributed by atoms with Crippen LogP contribution in [0.3, 0.4) is 0 Å². The molecular formula is C17H24N4O3S. The van der Waals surface area contributed by atoms with Gasteiger partial charge in [-0.05, 0) is 26.8 Å². The Labute approximate surface area is 150 Å². The third kappa shape index (κ3) is 4.19. The van der Waals surface area contributed by atoms with Gasteiger partial charge in [0.2, 0.25) is 5.91 Å². The maximum absolute atomic E-state index is 12.5. The number of hydrogen-bond donors (Lipinski definition) is 0. The summed E-state index contributed by atoms with van der Waals surface area (Å²) in [5.74, 6) is 0.0687. The second-order valence-electron chi connectivity index (χ2n) is 6.49. The van der Waals surface area contributed by atoms with Gasteiger partial charge in [-0.25, -0.2) is 0 Å². The zero-order chi connectivity index (χ0) is 18.0. The number of rotatable bonds is 5. The average molecular weight is 364 g/mol. The maximum Gasteiger partial charge on any atom is 0.307 e. The monoisotopic (exact) mass is 364 g/mol. The Balaban J connectivity index is 1.56. The lowest BCUT2D eigenvalue weighted by molar-refractivity contribution is -0.139. The van der Waals surface area contributed by atoms with E-state index >= 15 is 0 Å². The first-order valence-electron chi connectivity index (χ1n) is 8.49. The fourth-order valence-corrected chi connectivity index (χ4v) is 3.91. The lowest BCUT2D eigenvalue weighted by atomic mass is 10.2. The highest BCUT2D eigenvalue weighted by Crippen LogP contribution is 2.12. The topological polar surface area (TPSA) is 69.4 Å². The van der Waals surface area contributed by atoms with E-state index < -0.39 is 0 Å². The Morgan fingerprint density at radius 1 is 1.36 bits per heavy atom. The SMILES string of the molecule is Cc1cc(C)n(CC2CN(C(=O)CCn3c(C)csc3=O)CCO2)n1. The summed E-state index contributed by atoms with van der Waals surface area (Å²) in [7, 11) is 0. The second-order valence-corrected chi connectivity index (χ2v) is 7.31. The highest BCUT2D eigenvalue weighted by atomic mass is 32.1. The summed E-state index contributed by atoms with van der Waals surface area (Å²) < 4.78 is 9.40. The number of thiazole rings is 1. The van der Waals surface area contributed by atoms with Crippen LogP contribution in [0.2, 0.25) is 0 Å². The Morgan fingerprint density at radius 3 is 2.80 bits per heavy atom. The van der Waals surface area contributed by atoms with Gasteiger partial charge in [-0.2, -0.15) is 5.10 Å². The third-order valence-electron chi connectivity index (χ3n) is 4.50. The summed E-state index contributed by atoms with van der Waals surface area (Å²) in [4.78, 5) is 26.1. The van der Waals surface area contributed by atoms with Crippen LogP contribution in [0, 0.1) is 20.8 Å². The molecule has 8 heteroatoms. The molecule has 25 heavy (non-hydrogen) atoms. The fraction of sp³-hybridized carbons (Fsp3) is 0.588. The molecule has 1 aliphatic rings. The molecule has 7 nitrogen and oxygen atoms in total. The molecule has 1 saturated heterocycles. The molecule has 0 N–H and O–H groups in total. The molecule has 1 amide bonds. The van der Waals surface area contributed by atoms with Crippen LogP contribution in [0.4, 0.5) is 0 Å². The molecule has 3 rings (SSSR count). The first kappa shape index (κ1) is 17.9. The van der Waals surface area contributed by atoms with Crippen LogP contribution in [0.5, 0.6) is 0 Å². The van der Waals surface area contributed by atoms with E-state index in [1.165, 1.54) is 11.3 Å². The smallest absolute Gasteiger partial charge is 0.307 e. The van der Waals surface area contributed by atoms with Crippen molar-refractivity contribution in [3.63, 3.8) is 0 Å². The summed E-state index contributed by atoms with van der Waals surface area (Å²) in [6.07, 6.45) is 0.283. The molecule has 1 fully saturated rings. The van der Waals surface area contributed by atoms with E-state index in [-0.39, 0.29) is 16.9 Å². The minimum atomic E-state index is -0.0543. The Kier molecular flexibility index (Phi) is 5.39. The zero-order valence-corrected chi connectivity index (χ0v) is 15.7. The van der Waals surface area contributed by atoms with Crippen LogP contribution >= 0.6 is 11.3 Å². The second kappa shape index (κ2) is 7.53. The summed E-state index contributed by atoms with van der Waals surface area (Å²) in [6.45, 7) is 8.66. The number of aromatic nitrogens is 3. The molecule has 1 atom stereocenters. The maximum atomic E-state index is 12.5. The molecule has 0 spiro atoms. The minimum Gasteiger partial charge on any atom is -0.373 e. The number of aryl methyl sites for hydroxylation is 3. The summed E-state index contributed by atoms with van der Waals surface area (Å²) in [5.41, 5.74) is 2.99. The van der Waals surface area contributed by atoms with Gasteiger partial charge in [-0.3, -0.25) is 14.3 Å². The molecular weight excluding hydrogens is 340 g/mol. The van der Waals surface area contributed by atoms with Crippen molar-refractivity contribution in [2.75, 3.05) is 19.7 Å². The summed E-state index contributed by atoms with van der Waals surface area (Å²) in [5, 5.41) is 6.29. The molecule has 0 aromatic carbocycles. The van der Waals surface area contributed by atoms with Crippen LogP contribution in [-0.4, -0.2) is 51.0 Å². The highest BCUT2D eigenvalue weighted by molar-refractivity contribution is 7.07. The first-order valence-corrected chi connectivity index (χ1v) is 9.37. The molecule has 0 bridgehead atoms. The van der Waals surface area contributed by atoms with Gasteiger partial charge in [0.05, 0.1) is 24.9 Å². The van der Waals surface area contributed by atoms with Gasteiger partial charge in [0.15, 0.2) is 0 Å². The van der Waals surface area contributed by atoms with Crippen LogP contribution < -0.4 is 4.87 Å². The molecule has 1 unspecified atom stereocenters. The van der Waals surface area contributed by atoms with E-state index in [0.29, 0.717) is 39.2 Å². The molecule has 2 aromatic rings. The molecule has 0 aliphatic carbocycles. The largest absolute Gasteiger partial charge is 0.373 e. The Morgan fingerprint density at radius 2 is 2.16 bits per heavy atom. The van der Waals surface area contributed by atoms with E-state index in [2.05, 4.69) is 5.10 Å². The van der Waals surface area contributed by atoms with Crippen molar-refractivity contribution in [2.24, 2.45) is 0 Å². The van der Waals surface area contributed by atoms with Gasteiger partial charge in [0.25, 0.3) is 0 Å². The summed E-state index contributed by atoms with van der Waals surface area (Å²) in [6, 6.07) is 2.03. The van der Waals surface area contributed by atoms with Crippen molar-refractivity contribution >= 4 is 17.2 Å². The van der Waals surface area contributed by atoms with Crippen molar-refractivity contribution in [3.05, 3.63) is 38.2 Å². The van der Waals surface area contributed by atoms with Gasteiger partial charge < -0.3 is 14.2 Å². The van der Waals surface area contributed by atoms with Gasteiger partial charge in [0, 0.05) is 42.8 Å². The van der Waals surface area contributed by atoms with Gasteiger partial charge in [-0.15, -0.1) is 0 Å². The molecule has 136 valence electrons. The van der Waals surface area contributed by atoms with E-state index in [1.54, 1.807) is 4.57 Å². The van der Waals surface area contributed by atoms with Gasteiger partial charge in [-0.1, -0.05) is 11.3 Å². The van der Waals surface area contributed by atoms with E-state index in [9.17, 15) is 9.59 Å². The number of nitrogens with zero attached hydrogens (tertiary/aromatic N) is 4. The number of carbonyl (C=O) groups is 1. The van der Waals surface area contributed by atoms with Crippen LogP contribution in [-0.2, 0) is 22.6 Å². The van der Waals surface area contributed by atoms with Crippen LogP contribution in [0.15, 0.2) is 16.2 Å². The fourth-order valence-electron chi connectivity index (χ4n) is 3.15. The van der Waals surface area contributed by atoms with Gasteiger partial charge in [0.1, 0.15) is 0 Å². The van der Waals surface area contributed by atoms with E-state index in [1.807, 2.05) is 41.8 Å².